The quantitative estimate of drug-likeness (QED) is 0.529. The Kier molecular flexibility index (Phi) is 5.08. The van der Waals surface area contributed by atoms with Crippen molar-refractivity contribution in [3.05, 3.63) is 0 Å². The van der Waals surface area contributed by atoms with Crippen molar-refractivity contribution in [3.63, 3.8) is 0 Å². The molecule has 0 aliphatic rings. The Morgan fingerprint density at radius 1 is 1.75 bits per heavy atom. The summed E-state index contributed by atoms with van der Waals surface area (Å²) >= 11 is 4.20. The first-order valence-electron chi connectivity index (χ1n) is 3.24. The normalized spacial score (nSPS) is 14.3. The van der Waals surface area contributed by atoms with Gasteiger partial charge in [-0.2, -0.15) is 0 Å². The molecule has 3 N–H and O–H groups in total. The third-order valence-corrected chi connectivity index (χ3v) is 2.05. The van der Waals surface area contributed by atoms with Crippen molar-refractivity contribution < 1.29 is 19.1 Å². The van der Waals surface area contributed by atoms with Crippen LogP contribution in [0.1, 0.15) is 6.92 Å². The number of carbonyl (C=O) groups is 1. The maximum absolute atomic E-state index is 10.8. The lowest BCUT2D eigenvalue weighted by molar-refractivity contribution is -0.119. The molecule has 72 valence electrons. The van der Waals surface area contributed by atoms with Gasteiger partial charge < -0.3 is 19.6 Å². The zero-order valence-electron chi connectivity index (χ0n) is 6.85. The minimum Gasteiger partial charge on any atom is -0.325 e. The van der Waals surface area contributed by atoms with E-state index in [1.807, 2.05) is 0 Å². The van der Waals surface area contributed by atoms with E-state index in [-0.39, 0.29) is 12.4 Å². The molecule has 0 aromatic rings. The minimum absolute atomic E-state index is 0.115. The number of ketones is 1. The van der Waals surface area contributed by atoms with Crippen LogP contribution in [-0.4, -0.2) is 35.3 Å². The number of hydrogen-bond acceptors (Lipinski definition) is 4. The Balaban J connectivity index is 3.90. The number of rotatable bonds is 5. The summed E-state index contributed by atoms with van der Waals surface area (Å²) in [6.45, 7) is -2.37. The summed E-state index contributed by atoms with van der Waals surface area (Å²) in [7, 11) is 1.58. The van der Waals surface area contributed by atoms with Crippen molar-refractivity contribution in [1.82, 2.24) is 5.32 Å². The molecule has 0 aliphatic heterocycles. The van der Waals surface area contributed by atoms with Gasteiger partial charge in [0.15, 0.2) is 0 Å². The third-order valence-electron chi connectivity index (χ3n) is 1.25. The minimum atomic E-state index is -3.63. The summed E-state index contributed by atoms with van der Waals surface area (Å²) in [5, 5.41) is 2.65. The highest BCUT2D eigenvalue weighted by atomic mass is 32.5. The predicted molar refractivity (Wildman–Crippen MR) is 48.2 cm³/mol. The van der Waals surface area contributed by atoms with Gasteiger partial charge in [0.2, 0.25) is 0 Å². The lowest BCUT2D eigenvalue weighted by Gasteiger charge is -2.14. The molecule has 0 amide bonds. The Bertz CT molecular complexity index is 204. The van der Waals surface area contributed by atoms with Crippen molar-refractivity contribution in [3.8, 4) is 0 Å². The first-order chi connectivity index (χ1) is 5.37. The molecule has 0 aromatic heterocycles. The number of Topliss-reactive ketones (excluding diaryl/α,β-unsaturated/α-hetero) is 1. The second-order valence-corrected chi connectivity index (χ2v) is 4.90. The van der Waals surface area contributed by atoms with E-state index in [9.17, 15) is 4.79 Å². The summed E-state index contributed by atoms with van der Waals surface area (Å²) in [6, 6.07) is -0.536. The second kappa shape index (κ2) is 5.01. The van der Waals surface area contributed by atoms with Crippen LogP contribution in [-0.2, 0) is 21.1 Å². The van der Waals surface area contributed by atoms with E-state index >= 15 is 0 Å². The molecule has 0 rings (SSSR count). The van der Waals surface area contributed by atoms with Crippen LogP contribution in [0.2, 0.25) is 0 Å². The highest BCUT2D eigenvalue weighted by Gasteiger charge is 2.16. The van der Waals surface area contributed by atoms with Crippen molar-refractivity contribution in [1.29, 1.82) is 0 Å². The Labute approximate surface area is 76.0 Å². The molecule has 0 aromatic carbocycles. The fourth-order valence-electron chi connectivity index (χ4n) is 0.576. The zero-order valence-corrected chi connectivity index (χ0v) is 8.56. The van der Waals surface area contributed by atoms with Gasteiger partial charge in [0.25, 0.3) is 0 Å². The van der Waals surface area contributed by atoms with E-state index in [0.717, 1.165) is 0 Å². The van der Waals surface area contributed by atoms with E-state index in [0.29, 0.717) is 0 Å². The molecule has 0 saturated heterocycles. The standard InChI is InChI=1S/C5H12NO4PS/c1-4(7)5(6-2)3-10-11(8,9)12/h5-6H,3H2,1-2H3,(H2,8,9,12)/t5-/m0/s1. The van der Waals surface area contributed by atoms with Crippen molar-refractivity contribution in [2.24, 2.45) is 0 Å². The van der Waals surface area contributed by atoms with Crippen molar-refractivity contribution in [2.45, 2.75) is 13.0 Å². The summed E-state index contributed by atoms with van der Waals surface area (Å²) < 4.78 is 4.50. The van der Waals surface area contributed by atoms with Crippen LogP contribution in [0.15, 0.2) is 0 Å². The van der Waals surface area contributed by atoms with Gasteiger partial charge in [-0.1, -0.05) is 0 Å². The van der Waals surface area contributed by atoms with E-state index in [1.54, 1.807) is 7.05 Å². The molecule has 0 spiro atoms. The first kappa shape index (κ1) is 12.2. The molecule has 0 radical (unpaired) electrons. The van der Waals surface area contributed by atoms with E-state index in [4.69, 9.17) is 9.79 Å². The van der Waals surface area contributed by atoms with Crippen molar-refractivity contribution in [2.75, 3.05) is 13.7 Å². The molecule has 7 heteroatoms. The Hall–Kier alpha value is 0.160. The average Bonchev–Trinajstić information content (AvgIpc) is 1.85. The van der Waals surface area contributed by atoms with Crippen LogP contribution < -0.4 is 5.32 Å². The van der Waals surface area contributed by atoms with Gasteiger partial charge in [-0.25, -0.2) is 0 Å². The lowest BCUT2D eigenvalue weighted by Crippen LogP contribution is -2.36. The number of carbonyl (C=O) groups excluding carboxylic acids is 1. The molecule has 0 heterocycles. The maximum atomic E-state index is 10.8. The van der Waals surface area contributed by atoms with Crippen LogP contribution in [0.25, 0.3) is 0 Å². The Morgan fingerprint density at radius 2 is 2.25 bits per heavy atom. The van der Waals surface area contributed by atoms with Crippen LogP contribution in [0.4, 0.5) is 0 Å². The van der Waals surface area contributed by atoms with Gasteiger partial charge in [0.05, 0.1) is 12.6 Å². The summed E-state index contributed by atoms with van der Waals surface area (Å²) in [5.74, 6) is -0.138. The molecule has 0 unspecified atom stereocenters. The fraction of sp³-hybridized carbons (Fsp3) is 0.800. The van der Waals surface area contributed by atoms with E-state index in [2.05, 4.69) is 21.6 Å². The average molecular weight is 213 g/mol. The fourth-order valence-corrected chi connectivity index (χ4v) is 1.10. The molecular formula is C5H12NO4PS. The molecule has 1 atom stereocenters. The number of likely N-dealkylation sites (N-methyl/N-ethyl adjacent to an activating group) is 1. The first-order valence-corrected chi connectivity index (χ1v) is 5.87. The monoisotopic (exact) mass is 213 g/mol. The van der Waals surface area contributed by atoms with Crippen LogP contribution in [0.5, 0.6) is 0 Å². The van der Waals surface area contributed by atoms with Crippen LogP contribution in [0.3, 0.4) is 0 Å². The van der Waals surface area contributed by atoms with E-state index < -0.39 is 12.8 Å². The molecule has 0 bridgehead atoms. The molecular weight excluding hydrogens is 201 g/mol. The van der Waals surface area contributed by atoms with Crippen molar-refractivity contribution >= 4 is 24.3 Å². The summed E-state index contributed by atoms with van der Waals surface area (Å²) in [6.07, 6.45) is 0. The molecule has 0 aliphatic carbocycles. The largest absolute Gasteiger partial charge is 0.325 e. The predicted octanol–water partition coefficient (Wildman–Crippen LogP) is -0.611. The van der Waals surface area contributed by atoms with Gasteiger partial charge in [-0.15, -0.1) is 0 Å². The second-order valence-electron chi connectivity index (χ2n) is 2.24. The van der Waals surface area contributed by atoms with Gasteiger partial charge >= 0.3 is 6.72 Å². The molecule has 0 fully saturated rings. The molecule has 12 heavy (non-hydrogen) atoms. The van der Waals surface area contributed by atoms with E-state index in [1.165, 1.54) is 6.92 Å². The van der Waals surface area contributed by atoms with Gasteiger partial charge in [-0.3, -0.25) is 4.79 Å². The third kappa shape index (κ3) is 5.77. The molecule has 0 saturated carbocycles. The highest BCUT2D eigenvalue weighted by molar-refractivity contribution is 8.06. The van der Waals surface area contributed by atoms with Gasteiger partial charge in [0.1, 0.15) is 5.78 Å². The van der Waals surface area contributed by atoms with Gasteiger partial charge in [-0.05, 0) is 25.8 Å². The number of hydrogen-bond donors (Lipinski definition) is 3. The van der Waals surface area contributed by atoms with Crippen LogP contribution in [0, 0.1) is 0 Å². The maximum Gasteiger partial charge on any atom is 0.321 e. The zero-order chi connectivity index (χ0) is 9.78. The summed E-state index contributed by atoms with van der Waals surface area (Å²) in [4.78, 5) is 28.1. The Morgan fingerprint density at radius 3 is 2.50 bits per heavy atom. The number of nitrogens with one attached hydrogen (secondary N) is 1. The van der Waals surface area contributed by atoms with Crippen LogP contribution >= 0.6 is 6.72 Å². The lowest BCUT2D eigenvalue weighted by atomic mass is 10.2. The van der Waals surface area contributed by atoms with Gasteiger partial charge in [0, 0.05) is 0 Å². The molecule has 5 nitrogen and oxygen atoms in total. The highest BCUT2D eigenvalue weighted by Crippen LogP contribution is 2.36. The smallest absolute Gasteiger partial charge is 0.321 e. The summed E-state index contributed by atoms with van der Waals surface area (Å²) in [5.41, 5.74) is 0. The SMILES string of the molecule is CN[C@@H](COP(O)(O)=S)C(C)=O. The topological polar surface area (TPSA) is 78.8 Å².